The van der Waals surface area contributed by atoms with E-state index in [0.717, 1.165) is 91.5 Å². The Morgan fingerprint density at radius 2 is 1.54 bits per heavy atom. The molecule has 1 aliphatic rings. The van der Waals surface area contributed by atoms with Crippen molar-refractivity contribution in [3.63, 3.8) is 0 Å². The van der Waals surface area contributed by atoms with Gasteiger partial charge in [0.2, 0.25) is 0 Å². The van der Waals surface area contributed by atoms with Crippen molar-refractivity contribution in [1.29, 1.82) is 0 Å². The lowest BCUT2D eigenvalue weighted by molar-refractivity contribution is 0.0746. The Morgan fingerprint density at radius 3 is 2.26 bits per heavy atom. The van der Waals surface area contributed by atoms with E-state index in [-0.39, 0.29) is 0 Å². The van der Waals surface area contributed by atoms with E-state index in [1.165, 1.54) is 17.5 Å². The lowest BCUT2D eigenvalue weighted by Crippen LogP contribution is -2.43. The summed E-state index contributed by atoms with van der Waals surface area (Å²) in [7, 11) is 0. The zero-order valence-electron chi connectivity index (χ0n) is 23.5. The molecular weight excluding hydrogens is 500 g/mol. The molecule has 0 bridgehead atoms. The van der Waals surface area contributed by atoms with Crippen LogP contribution in [0, 0.1) is 0 Å². The molecule has 204 valence electrons. The molecule has 4 aromatic rings. The number of halogens is 1. The number of hydrogen-bond donors (Lipinski definition) is 0. The van der Waals surface area contributed by atoms with Gasteiger partial charge in [0, 0.05) is 36.8 Å². The number of aromatic nitrogens is 2. The summed E-state index contributed by atoms with van der Waals surface area (Å²) in [6.07, 6.45) is 7.28. The standard InChI is InChI=1S/C32H35ClN4.C2H6/c1-2-3-4-8-12-30-32(27-14-16-28(33)17-15-27)35-29-18-13-26(21-31(29)34-30)23-37-20-9-19-36(24-37)22-25-10-6-5-7-11-25;1-2/h2,5-7,10-11,13-18,21H,1,3-4,8-9,12,19-20,22-24H2;1-2H3. The molecule has 0 radical (unpaired) electrons. The van der Waals surface area contributed by atoms with Crippen LogP contribution in [0.25, 0.3) is 22.3 Å². The molecule has 39 heavy (non-hydrogen) atoms. The van der Waals surface area contributed by atoms with Crippen molar-refractivity contribution < 1.29 is 0 Å². The molecule has 0 unspecified atom stereocenters. The Bertz CT molecular complexity index is 1320. The molecule has 3 aromatic carbocycles. The number of fused-ring (bicyclic) bond motifs is 1. The highest BCUT2D eigenvalue weighted by Gasteiger charge is 2.18. The third-order valence-corrected chi connectivity index (χ3v) is 7.25. The molecule has 1 fully saturated rings. The van der Waals surface area contributed by atoms with Crippen LogP contribution in [0.3, 0.4) is 0 Å². The van der Waals surface area contributed by atoms with Gasteiger partial charge in [-0.05, 0) is 67.5 Å². The minimum atomic E-state index is 0.731. The Labute approximate surface area is 239 Å². The minimum Gasteiger partial charge on any atom is -0.286 e. The Morgan fingerprint density at radius 1 is 0.821 bits per heavy atom. The van der Waals surface area contributed by atoms with Gasteiger partial charge in [-0.15, -0.1) is 6.58 Å². The van der Waals surface area contributed by atoms with E-state index in [1.54, 1.807) is 0 Å². The van der Waals surface area contributed by atoms with Gasteiger partial charge < -0.3 is 0 Å². The summed E-state index contributed by atoms with van der Waals surface area (Å²) in [5.74, 6) is 0. The fraction of sp³-hybridized carbons (Fsp3) is 0.353. The van der Waals surface area contributed by atoms with Crippen molar-refractivity contribution in [1.82, 2.24) is 19.8 Å². The first-order valence-corrected chi connectivity index (χ1v) is 14.7. The van der Waals surface area contributed by atoms with Gasteiger partial charge in [0.25, 0.3) is 0 Å². The van der Waals surface area contributed by atoms with Gasteiger partial charge in [-0.1, -0.05) is 80.1 Å². The van der Waals surface area contributed by atoms with Crippen LogP contribution in [-0.4, -0.2) is 39.5 Å². The predicted molar refractivity (Wildman–Crippen MR) is 166 cm³/mol. The molecular formula is C34H41ClN4. The summed E-state index contributed by atoms with van der Waals surface area (Å²) in [4.78, 5) is 15.3. The maximum atomic E-state index is 6.15. The number of benzene rings is 3. The average Bonchev–Trinajstić information content (AvgIpc) is 2.97. The number of allylic oxidation sites excluding steroid dienone is 1. The monoisotopic (exact) mass is 540 g/mol. The van der Waals surface area contributed by atoms with Gasteiger partial charge in [-0.2, -0.15) is 0 Å². The summed E-state index contributed by atoms with van der Waals surface area (Å²) in [6.45, 7) is 13.0. The van der Waals surface area contributed by atoms with E-state index >= 15 is 0 Å². The third kappa shape index (κ3) is 8.22. The van der Waals surface area contributed by atoms with Gasteiger partial charge in [0.15, 0.2) is 0 Å². The van der Waals surface area contributed by atoms with Gasteiger partial charge >= 0.3 is 0 Å². The first-order valence-electron chi connectivity index (χ1n) is 14.3. The van der Waals surface area contributed by atoms with Crippen molar-refractivity contribution in [2.45, 2.75) is 59.0 Å². The highest BCUT2D eigenvalue weighted by atomic mass is 35.5. The Hall–Kier alpha value is -3.05. The fourth-order valence-electron chi connectivity index (χ4n) is 5.13. The molecule has 5 rings (SSSR count). The largest absolute Gasteiger partial charge is 0.286 e. The molecule has 0 spiro atoms. The quantitative estimate of drug-likeness (QED) is 0.149. The second-order valence-corrected chi connectivity index (χ2v) is 10.4. The fourth-order valence-corrected chi connectivity index (χ4v) is 5.26. The van der Waals surface area contributed by atoms with Gasteiger partial charge in [-0.3, -0.25) is 9.80 Å². The zero-order chi connectivity index (χ0) is 27.5. The maximum Gasteiger partial charge on any atom is 0.0925 e. The molecule has 0 aliphatic carbocycles. The topological polar surface area (TPSA) is 32.3 Å². The normalized spacial score (nSPS) is 14.1. The number of rotatable bonds is 10. The predicted octanol–water partition coefficient (Wildman–Crippen LogP) is 8.54. The van der Waals surface area contributed by atoms with Crippen molar-refractivity contribution in [2.75, 3.05) is 19.8 Å². The zero-order valence-corrected chi connectivity index (χ0v) is 24.2. The van der Waals surface area contributed by atoms with Crippen molar-refractivity contribution in [3.05, 3.63) is 107 Å². The highest BCUT2D eigenvalue weighted by Crippen LogP contribution is 2.27. The van der Waals surface area contributed by atoms with Gasteiger partial charge in [-0.25, -0.2) is 9.97 Å². The van der Waals surface area contributed by atoms with E-state index < -0.39 is 0 Å². The van der Waals surface area contributed by atoms with E-state index in [1.807, 2.05) is 44.2 Å². The highest BCUT2D eigenvalue weighted by molar-refractivity contribution is 6.30. The van der Waals surface area contributed by atoms with Gasteiger partial charge in [0.05, 0.1) is 29.1 Å². The molecule has 4 nitrogen and oxygen atoms in total. The van der Waals surface area contributed by atoms with E-state index in [2.05, 4.69) is 64.9 Å². The van der Waals surface area contributed by atoms with Crippen molar-refractivity contribution in [3.8, 4) is 11.3 Å². The smallest absolute Gasteiger partial charge is 0.0925 e. The molecule has 1 aliphatic heterocycles. The molecule has 1 saturated heterocycles. The second kappa shape index (κ2) is 14.9. The van der Waals surface area contributed by atoms with Crippen LogP contribution in [0.1, 0.15) is 56.4 Å². The summed E-state index contributed by atoms with van der Waals surface area (Å²) in [5, 5.41) is 0.731. The van der Waals surface area contributed by atoms with Crippen molar-refractivity contribution >= 4 is 22.6 Å². The first-order chi connectivity index (χ1) is 19.2. The number of aryl methyl sites for hydroxylation is 1. The molecule has 1 aromatic heterocycles. The molecule has 5 heteroatoms. The first kappa shape index (κ1) is 28.9. The van der Waals surface area contributed by atoms with Crippen LogP contribution in [0.5, 0.6) is 0 Å². The van der Waals surface area contributed by atoms with E-state index in [9.17, 15) is 0 Å². The van der Waals surface area contributed by atoms with Crippen LogP contribution < -0.4 is 0 Å². The number of unbranched alkanes of at least 4 members (excludes halogenated alkanes) is 2. The van der Waals surface area contributed by atoms with Gasteiger partial charge in [0.1, 0.15) is 0 Å². The molecule has 0 atom stereocenters. The lowest BCUT2D eigenvalue weighted by Gasteiger charge is -2.35. The SMILES string of the molecule is C=CCCCCc1nc2cc(CN3CCCN(Cc4ccccc4)C3)ccc2nc1-c1ccc(Cl)cc1.CC. The minimum absolute atomic E-state index is 0.731. The average molecular weight is 541 g/mol. The summed E-state index contributed by atoms with van der Waals surface area (Å²) in [5.41, 5.74) is 7.67. The Balaban J connectivity index is 0.00000172. The van der Waals surface area contributed by atoms with E-state index in [4.69, 9.17) is 21.6 Å². The summed E-state index contributed by atoms with van der Waals surface area (Å²) in [6, 6.07) is 25.3. The number of hydrogen-bond acceptors (Lipinski definition) is 4. The molecule has 0 N–H and O–H groups in total. The van der Waals surface area contributed by atoms with Crippen LogP contribution in [-0.2, 0) is 19.5 Å². The molecule has 2 heterocycles. The van der Waals surface area contributed by atoms with Crippen LogP contribution in [0.2, 0.25) is 5.02 Å². The van der Waals surface area contributed by atoms with Crippen LogP contribution in [0.4, 0.5) is 0 Å². The Kier molecular flexibility index (Phi) is 11.1. The lowest BCUT2D eigenvalue weighted by atomic mass is 10.0. The molecule has 0 saturated carbocycles. The molecule has 0 amide bonds. The summed E-state index contributed by atoms with van der Waals surface area (Å²) < 4.78 is 0. The van der Waals surface area contributed by atoms with E-state index in [0.29, 0.717) is 0 Å². The second-order valence-electron chi connectivity index (χ2n) is 9.97. The number of nitrogens with zero attached hydrogens (tertiary/aromatic N) is 4. The van der Waals surface area contributed by atoms with Crippen LogP contribution >= 0.6 is 11.6 Å². The van der Waals surface area contributed by atoms with Crippen molar-refractivity contribution in [2.24, 2.45) is 0 Å². The third-order valence-electron chi connectivity index (χ3n) is 6.99. The van der Waals surface area contributed by atoms with Crippen LogP contribution in [0.15, 0.2) is 85.5 Å². The maximum absolute atomic E-state index is 6.15. The summed E-state index contributed by atoms with van der Waals surface area (Å²) >= 11 is 6.15.